The number of hydrogen-bond donors (Lipinski definition) is 1. The topological polar surface area (TPSA) is 24.5 Å². The normalized spacial score (nSPS) is 13.5. The second-order valence-electron chi connectivity index (χ2n) is 6.05. The molecule has 0 amide bonds. The Balaban J connectivity index is 1.62. The van der Waals surface area contributed by atoms with Gasteiger partial charge in [0.1, 0.15) is 0 Å². The Morgan fingerprint density at radius 3 is 2.00 bits per heavy atom. The summed E-state index contributed by atoms with van der Waals surface area (Å²) in [6.45, 7) is 0.662. The summed E-state index contributed by atoms with van der Waals surface area (Å²) in [5, 5.41) is 5.25. The minimum absolute atomic E-state index is 0.662. The molecule has 0 saturated carbocycles. The monoisotopic (exact) mass is 340 g/mol. The molecule has 3 nitrogen and oxygen atoms in total. The average Bonchev–Trinajstić information content (AvgIpc) is 2.70. The molecule has 128 valence electrons. The van der Waals surface area contributed by atoms with Gasteiger partial charge in [-0.2, -0.15) is 0 Å². The molecule has 0 saturated heterocycles. The van der Waals surface area contributed by atoms with E-state index in [1.165, 1.54) is 5.56 Å². The number of nitrogens with zero attached hydrogens (tertiary/aromatic N) is 1. The summed E-state index contributed by atoms with van der Waals surface area (Å²) >= 11 is 0. The van der Waals surface area contributed by atoms with Gasteiger partial charge in [0.2, 0.25) is 5.88 Å². The third-order valence-electron chi connectivity index (χ3n) is 4.15. The van der Waals surface area contributed by atoms with Crippen molar-refractivity contribution in [2.45, 2.75) is 6.54 Å². The number of para-hydroxylation sites is 1. The summed E-state index contributed by atoms with van der Waals surface area (Å²) in [4.78, 5) is 6.18. The first-order valence-corrected chi connectivity index (χ1v) is 8.67. The highest BCUT2D eigenvalue weighted by atomic mass is 16.7. The molecule has 3 aromatic carbocycles. The molecule has 0 fully saturated rings. The van der Waals surface area contributed by atoms with Crippen molar-refractivity contribution in [3.8, 4) is 0 Å². The van der Waals surface area contributed by atoms with Gasteiger partial charge in [-0.15, -0.1) is 0 Å². The lowest BCUT2D eigenvalue weighted by Crippen LogP contribution is -2.26. The number of nitrogens with one attached hydrogen (secondary N) is 1. The van der Waals surface area contributed by atoms with Gasteiger partial charge in [0.25, 0.3) is 0 Å². The molecule has 0 radical (unpaired) electrons. The second-order valence-corrected chi connectivity index (χ2v) is 6.05. The maximum absolute atomic E-state index is 6.18. The van der Waals surface area contributed by atoms with Crippen LogP contribution >= 0.6 is 0 Å². The summed E-state index contributed by atoms with van der Waals surface area (Å²) in [5.41, 5.74) is 4.34. The minimum atomic E-state index is 0.662. The summed E-state index contributed by atoms with van der Waals surface area (Å²) < 4.78 is 0. The maximum atomic E-state index is 6.18. The zero-order chi connectivity index (χ0) is 17.6. The van der Waals surface area contributed by atoms with Crippen LogP contribution in [-0.2, 0) is 11.4 Å². The van der Waals surface area contributed by atoms with Crippen LogP contribution in [0.5, 0.6) is 0 Å². The lowest BCUT2D eigenvalue weighted by Gasteiger charge is -2.31. The summed E-state index contributed by atoms with van der Waals surface area (Å²) in [7, 11) is 0. The fourth-order valence-electron chi connectivity index (χ4n) is 2.88. The van der Waals surface area contributed by atoms with Gasteiger partial charge in [0.15, 0.2) is 0 Å². The van der Waals surface area contributed by atoms with E-state index in [0.717, 1.165) is 16.9 Å². The van der Waals surface area contributed by atoms with Crippen molar-refractivity contribution in [1.29, 1.82) is 0 Å². The van der Waals surface area contributed by atoms with Gasteiger partial charge in [-0.3, -0.25) is 0 Å². The average molecular weight is 340 g/mol. The van der Waals surface area contributed by atoms with E-state index in [9.17, 15) is 0 Å². The van der Waals surface area contributed by atoms with Crippen molar-refractivity contribution in [1.82, 2.24) is 5.06 Å². The fourth-order valence-corrected chi connectivity index (χ4v) is 2.88. The lowest BCUT2D eigenvalue weighted by atomic mass is 10.1. The first-order chi connectivity index (χ1) is 12.9. The molecular weight excluding hydrogens is 320 g/mol. The van der Waals surface area contributed by atoms with Crippen LogP contribution in [-0.4, -0.2) is 5.06 Å². The van der Waals surface area contributed by atoms with Crippen LogP contribution in [0, 0.1) is 0 Å². The first kappa shape index (κ1) is 16.0. The number of anilines is 1. The van der Waals surface area contributed by atoms with Gasteiger partial charge in [0, 0.05) is 17.3 Å². The Hall–Kier alpha value is -3.46. The van der Waals surface area contributed by atoms with E-state index < -0.39 is 0 Å². The standard InChI is InChI=1S/C23H20N2O/c1-4-10-19(11-5-1)18-25-22(20-12-6-2-7-13-20)16-17-23(26-25)24-21-14-8-3-9-15-21/h1-17,24H,18H2. The van der Waals surface area contributed by atoms with Crippen LogP contribution in [0.1, 0.15) is 11.1 Å². The highest BCUT2D eigenvalue weighted by molar-refractivity contribution is 5.66. The zero-order valence-electron chi connectivity index (χ0n) is 14.4. The molecule has 1 aliphatic rings. The Morgan fingerprint density at radius 2 is 1.31 bits per heavy atom. The third kappa shape index (κ3) is 3.78. The van der Waals surface area contributed by atoms with Crippen molar-refractivity contribution in [3.63, 3.8) is 0 Å². The van der Waals surface area contributed by atoms with E-state index in [2.05, 4.69) is 35.7 Å². The first-order valence-electron chi connectivity index (χ1n) is 8.67. The predicted molar refractivity (Wildman–Crippen MR) is 106 cm³/mol. The highest BCUT2D eigenvalue weighted by Gasteiger charge is 2.19. The van der Waals surface area contributed by atoms with Crippen molar-refractivity contribution in [2.75, 3.05) is 5.32 Å². The molecule has 0 atom stereocenters. The predicted octanol–water partition coefficient (Wildman–Crippen LogP) is 5.43. The Labute approximate surface area is 153 Å². The maximum Gasteiger partial charge on any atom is 0.224 e. The van der Waals surface area contributed by atoms with Crippen molar-refractivity contribution in [3.05, 3.63) is 120 Å². The van der Waals surface area contributed by atoms with Gasteiger partial charge in [-0.05, 0) is 23.8 Å². The molecule has 1 heterocycles. The van der Waals surface area contributed by atoms with Crippen LogP contribution in [0.25, 0.3) is 5.70 Å². The Kier molecular flexibility index (Phi) is 4.70. The molecule has 0 aromatic heterocycles. The van der Waals surface area contributed by atoms with Crippen LogP contribution in [0.15, 0.2) is 109 Å². The van der Waals surface area contributed by atoms with E-state index in [1.54, 1.807) is 0 Å². The fraction of sp³-hybridized carbons (Fsp3) is 0.0435. The zero-order valence-corrected chi connectivity index (χ0v) is 14.4. The molecule has 0 unspecified atom stereocenters. The van der Waals surface area contributed by atoms with Gasteiger partial charge < -0.3 is 10.2 Å². The summed E-state index contributed by atoms with van der Waals surface area (Å²) in [6, 6.07) is 30.6. The van der Waals surface area contributed by atoms with E-state index in [1.807, 2.05) is 77.9 Å². The summed E-state index contributed by atoms with van der Waals surface area (Å²) in [6.07, 6.45) is 4.06. The smallest absolute Gasteiger partial charge is 0.224 e. The highest BCUT2D eigenvalue weighted by Crippen LogP contribution is 2.28. The number of rotatable bonds is 5. The molecule has 1 N–H and O–H groups in total. The van der Waals surface area contributed by atoms with Crippen LogP contribution in [0.2, 0.25) is 0 Å². The van der Waals surface area contributed by atoms with Crippen LogP contribution < -0.4 is 5.32 Å². The van der Waals surface area contributed by atoms with Crippen molar-refractivity contribution in [2.24, 2.45) is 0 Å². The SMILES string of the molecule is C1=C(Nc2ccccc2)ON(Cc2ccccc2)C(c2ccccc2)=C1. The lowest BCUT2D eigenvalue weighted by molar-refractivity contribution is -0.0714. The number of allylic oxidation sites excluding steroid dienone is 2. The quantitative estimate of drug-likeness (QED) is 0.670. The van der Waals surface area contributed by atoms with Gasteiger partial charge in [-0.1, -0.05) is 78.9 Å². The van der Waals surface area contributed by atoms with E-state index in [4.69, 9.17) is 4.84 Å². The molecule has 0 aliphatic carbocycles. The van der Waals surface area contributed by atoms with Crippen LogP contribution in [0.3, 0.4) is 0 Å². The number of benzene rings is 3. The largest absolute Gasteiger partial charge is 0.361 e. The molecule has 3 heteroatoms. The number of hydroxylamine groups is 2. The molecular formula is C23H20N2O. The van der Waals surface area contributed by atoms with E-state index >= 15 is 0 Å². The van der Waals surface area contributed by atoms with Gasteiger partial charge in [-0.25, -0.2) is 5.06 Å². The van der Waals surface area contributed by atoms with E-state index in [0.29, 0.717) is 12.4 Å². The van der Waals surface area contributed by atoms with E-state index in [-0.39, 0.29) is 0 Å². The molecule has 26 heavy (non-hydrogen) atoms. The molecule has 4 rings (SSSR count). The third-order valence-corrected chi connectivity index (χ3v) is 4.15. The minimum Gasteiger partial charge on any atom is -0.361 e. The molecule has 0 spiro atoms. The van der Waals surface area contributed by atoms with Crippen molar-refractivity contribution < 1.29 is 4.84 Å². The Morgan fingerprint density at radius 1 is 0.692 bits per heavy atom. The summed E-state index contributed by atoms with van der Waals surface area (Å²) in [5.74, 6) is 0.701. The van der Waals surface area contributed by atoms with Crippen molar-refractivity contribution >= 4 is 11.4 Å². The molecule has 0 bridgehead atoms. The van der Waals surface area contributed by atoms with Gasteiger partial charge >= 0.3 is 0 Å². The second kappa shape index (κ2) is 7.62. The molecule has 3 aromatic rings. The number of hydrogen-bond acceptors (Lipinski definition) is 3. The van der Waals surface area contributed by atoms with Gasteiger partial charge in [0.05, 0.1) is 12.2 Å². The van der Waals surface area contributed by atoms with Crippen LogP contribution in [0.4, 0.5) is 5.69 Å². The Bertz CT molecular complexity index is 903. The molecule has 1 aliphatic heterocycles.